The predicted octanol–water partition coefficient (Wildman–Crippen LogP) is 6.96. The molecule has 1 fully saturated rings. The van der Waals surface area contributed by atoms with Crippen LogP contribution in [-0.2, 0) is 4.79 Å². The Morgan fingerprint density at radius 1 is 1.03 bits per heavy atom. The number of nitrogens with zero attached hydrogens (tertiary/aromatic N) is 2. The monoisotopic (exact) mass is 475 g/mol. The van der Waals surface area contributed by atoms with Gasteiger partial charge in [0.2, 0.25) is 5.91 Å². The summed E-state index contributed by atoms with van der Waals surface area (Å²) in [6.07, 6.45) is 5.22. The molecule has 1 amide bonds. The lowest BCUT2D eigenvalue weighted by molar-refractivity contribution is -0.124. The van der Waals surface area contributed by atoms with Gasteiger partial charge in [0.05, 0.1) is 17.6 Å². The third-order valence-corrected chi connectivity index (χ3v) is 7.42. The van der Waals surface area contributed by atoms with Crippen LogP contribution >= 0.6 is 0 Å². The number of hydrogen-bond acceptors (Lipinski definition) is 3. The molecular formula is C32H33N3O. The van der Waals surface area contributed by atoms with E-state index in [-0.39, 0.29) is 23.9 Å². The molecule has 4 heteroatoms. The number of aliphatic imine (C=N–C) groups is 1. The Bertz CT molecular complexity index is 1310. The molecule has 182 valence electrons. The van der Waals surface area contributed by atoms with E-state index < -0.39 is 0 Å². The van der Waals surface area contributed by atoms with E-state index in [2.05, 4.69) is 66.8 Å². The van der Waals surface area contributed by atoms with E-state index in [4.69, 9.17) is 4.99 Å². The lowest BCUT2D eigenvalue weighted by Crippen LogP contribution is -2.47. The fourth-order valence-electron chi connectivity index (χ4n) is 5.43. The van der Waals surface area contributed by atoms with Crippen molar-refractivity contribution >= 4 is 11.6 Å². The van der Waals surface area contributed by atoms with Crippen LogP contribution in [0.1, 0.15) is 80.0 Å². The van der Waals surface area contributed by atoms with Crippen LogP contribution in [0, 0.1) is 17.2 Å². The Balaban J connectivity index is 1.59. The van der Waals surface area contributed by atoms with Gasteiger partial charge in [0.15, 0.2) is 0 Å². The molecule has 0 saturated heterocycles. The summed E-state index contributed by atoms with van der Waals surface area (Å²) in [7, 11) is 0. The van der Waals surface area contributed by atoms with Gasteiger partial charge in [-0.15, -0.1) is 0 Å². The van der Waals surface area contributed by atoms with Crippen LogP contribution < -0.4 is 5.32 Å². The van der Waals surface area contributed by atoms with E-state index in [9.17, 15) is 10.1 Å². The first-order valence-electron chi connectivity index (χ1n) is 13.1. The molecule has 4 nitrogen and oxygen atoms in total. The molecule has 1 aliphatic carbocycles. The molecule has 2 unspecified atom stereocenters. The summed E-state index contributed by atoms with van der Waals surface area (Å²) in [4.78, 5) is 18.5. The zero-order valence-corrected chi connectivity index (χ0v) is 21.1. The highest BCUT2D eigenvalue weighted by molar-refractivity contribution is 6.07. The number of nitrogens with one attached hydrogen (secondary N) is 1. The third kappa shape index (κ3) is 4.97. The maximum absolute atomic E-state index is 13.5. The van der Waals surface area contributed by atoms with Crippen LogP contribution in [0.15, 0.2) is 77.8 Å². The lowest BCUT2D eigenvalue weighted by Gasteiger charge is -2.33. The van der Waals surface area contributed by atoms with Gasteiger partial charge in [-0.05, 0) is 72.4 Å². The first-order chi connectivity index (χ1) is 17.6. The van der Waals surface area contributed by atoms with Crippen molar-refractivity contribution in [2.24, 2.45) is 10.9 Å². The first kappa shape index (κ1) is 24.0. The van der Waals surface area contributed by atoms with Gasteiger partial charge in [-0.25, -0.2) is 0 Å². The molecule has 1 aliphatic heterocycles. The molecule has 1 heterocycles. The number of amides is 1. The van der Waals surface area contributed by atoms with Crippen molar-refractivity contribution < 1.29 is 4.79 Å². The van der Waals surface area contributed by atoms with E-state index >= 15 is 0 Å². The maximum atomic E-state index is 13.5. The van der Waals surface area contributed by atoms with Crippen LogP contribution in [0.25, 0.3) is 11.1 Å². The standard InChI is InChI=1S/C32H33N3O/c1-3-4-12-29-31(32(36)35-21(2)34-29)30(26-10-7-9-25(19-26)22-13-14-22)24-17-15-23(16-18-24)28-11-6-5-8-27(28)20-33/h5-11,15-19,21-22,30-31H,3-4,12-14H2,1-2H3,(H,35,36)/t21?,30-,31?/m0/s1. The number of carbonyl (C=O) groups excluding carboxylic acids is 1. The molecule has 3 aromatic carbocycles. The van der Waals surface area contributed by atoms with Crippen molar-refractivity contribution in [3.05, 3.63) is 95.1 Å². The van der Waals surface area contributed by atoms with E-state index in [0.717, 1.165) is 41.7 Å². The van der Waals surface area contributed by atoms with Gasteiger partial charge < -0.3 is 5.32 Å². The lowest BCUT2D eigenvalue weighted by atomic mass is 9.75. The molecule has 1 saturated carbocycles. The van der Waals surface area contributed by atoms with Crippen molar-refractivity contribution in [1.29, 1.82) is 5.26 Å². The summed E-state index contributed by atoms with van der Waals surface area (Å²) in [6.45, 7) is 4.13. The molecule has 3 aromatic rings. The van der Waals surface area contributed by atoms with Crippen molar-refractivity contribution in [3.63, 3.8) is 0 Å². The smallest absolute Gasteiger partial charge is 0.231 e. The highest BCUT2D eigenvalue weighted by atomic mass is 16.2. The third-order valence-electron chi connectivity index (χ3n) is 7.42. The summed E-state index contributed by atoms with van der Waals surface area (Å²) in [5, 5.41) is 12.7. The zero-order valence-electron chi connectivity index (χ0n) is 21.1. The van der Waals surface area contributed by atoms with Gasteiger partial charge in [-0.1, -0.05) is 80.1 Å². The summed E-state index contributed by atoms with van der Waals surface area (Å²) in [5.41, 5.74) is 7.23. The number of benzene rings is 3. The Morgan fingerprint density at radius 2 is 1.81 bits per heavy atom. The SMILES string of the molecule is CCCCC1=NC(C)NC(=O)C1[C@@H](c1ccc(-c2ccccc2C#N)cc1)c1cccc(C2CC2)c1. The average Bonchev–Trinajstić information content (AvgIpc) is 3.75. The van der Waals surface area contributed by atoms with Crippen LogP contribution in [0.4, 0.5) is 0 Å². The molecule has 3 atom stereocenters. The first-order valence-corrected chi connectivity index (χ1v) is 13.1. The molecule has 0 spiro atoms. The van der Waals surface area contributed by atoms with Crippen LogP contribution in [-0.4, -0.2) is 17.8 Å². The molecule has 5 rings (SSSR count). The molecule has 1 N–H and O–H groups in total. The van der Waals surface area contributed by atoms with Gasteiger partial charge in [-0.3, -0.25) is 9.79 Å². The normalized spacial score (nSPS) is 20.2. The van der Waals surface area contributed by atoms with Crippen LogP contribution in [0.3, 0.4) is 0 Å². The Labute approximate surface area is 214 Å². The number of rotatable bonds is 8. The largest absolute Gasteiger partial charge is 0.334 e. The van der Waals surface area contributed by atoms with E-state index in [1.165, 1.54) is 24.0 Å². The van der Waals surface area contributed by atoms with Crippen molar-refractivity contribution in [1.82, 2.24) is 5.32 Å². The number of nitriles is 1. The van der Waals surface area contributed by atoms with Crippen molar-refractivity contribution in [2.45, 2.75) is 64.0 Å². The molecule has 0 radical (unpaired) electrons. The minimum Gasteiger partial charge on any atom is -0.334 e. The van der Waals surface area contributed by atoms with Crippen LogP contribution in [0.5, 0.6) is 0 Å². The molecule has 36 heavy (non-hydrogen) atoms. The fraction of sp³-hybridized carbons (Fsp3) is 0.344. The van der Waals surface area contributed by atoms with E-state index in [1.54, 1.807) is 0 Å². The molecule has 2 aliphatic rings. The zero-order chi connectivity index (χ0) is 25.1. The van der Waals surface area contributed by atoms with Crippen molar-refractivity contribution in [3.8, 4) is 17.2 Å². The minimum atomic E-state index is -0.334. The summed E-state index contributed by atoms with van der Waals surface area (Å²) in [6, 6.07) is 27.2. The highest BCUT2D eigenvalue weighted by Gasteiger charge is 2.38. The number of hydrogen-bond donors (Lipinski definition) is 1. The Hall–Kier alpha value is -3.71. The second-order valence-electron chi connectivity index (χ2n) is 10.1. The Kier molecular flexibility index (Phi) is 7.00. The second kappa shape index (κ2) is 10.5. The van der Waals surface area contributed by atoms with Crippen LogP contribution in [0.2, 0.25) is 0 Å². The quantitative estimate of drug-likeness (QED) is 0.383. The highest BCUT2D eigenvalue weighted by Crippen LogP contribution is 2.43. The van der Waals surface area contributed by atoms with E-state index in [0.29, 0.717) is 11.5 Å². The molecule has 0 aromatic heterocycles. The Morgan fingerprint density at radius 3 is 2.53 bits per heavy atom. The van der Waals surface area contributed by atoms with Gasteiger partial charge >= 0.3 is 0 Å². The second-order valence-corrected chi connectivity index (χ2v) is 10.1. The summed E-state index contributed by atoms with van der Waals surface area (Å²) < 4.78 is 0. The van der Waals surface area contributed by atoms with E-state index in [1.807, 2.05) is 31.2 Å². The minimum absolute atomic E-state index is 0.0596. The number of carbonyl (C=O) groups is 1. The maximum Gasteiger partial charge on any atom is 0.231 e. The van der Waals surface area contributed by atoms with Gasteiger partial charge in [-0.2, -0.15) is 5.26 Å². The number of unbranched alkanes of at least 4 members (excludes halogenated alkanes) is 1. The van der Waals surface area contributed by atoms with Gasteiger partial charge in [0, 0.05) is 11.6 Å². The fourth-order valence-corrected chi connectivity index (χ4v) is 5.43. The molecule has 0 bridgehead atoms. The molecular weight excluding hydrogens is 442 g/mol. The summed E-state index contributed by atoms with van der Waals surface area (Å²) >= 11 is 0. The van der Waals surface area contributed by atoms with Crippen molar-refractivity contribution in [2.75, 3.05) is 0 Å². The van der Waals surface area contributed by atoms with Gasteiger partial charge in [0.1, 0.15) is 6.17 Å². The average molecular weight is 476 g/mol. The predicted molar refractivity (Wildman–Crippen MR) is 145 cm³/mol. The summed E-state index contributed by atoms with van der Waals surface area (Å²) in [5.74, 6) is 0.250. The topological polar surface area (TPSA) is 65.2 Å². The van der Waals surface area contributed by atoms with Gasteiger partial charge in [0.25, 0.3) is 0 Å².